The summed E-state index contributed by atoms with van der Waals surface area (Å²) in [5.74, 6) is 0.0624. The maximum absolute atomic E-state index is 12.5. The van der Waals surface area contributed by atoms with Gasteiger partial charge in [-0.1, -0.05) is 26.0 Å². The summed E-state index contributed by atoms with van der Waals surface area (Å²) >= 11 is 0. The van der Waals surface area contributed by atoms with Gasteiger partial charge in [-0.25, -0.2) is 0 Å². The zero-order valence-corrected chi connectivity index (χ0v) is 15.2. The Bertz CT molecular complexity index is 624. The lowest BCUT2D eigenvalue weighted by atomic mass is 10.0. The van der Waals surface area contributed by atoms with Crippen molar-refractivity contribution in [2.45, 2.75) is 45.7 Å². The average molecular weight is 345 g/mol. The molecule has 136 valence electrons. The van der Waals surface area contributed by atoms with Crippen molar-refractivity contribution in [1.29, 1.82) is 0 Å². The highest BCUT2D eigenvalue weighted by Gasteiger charge is 2.28. The highest BCUT2D eigenvalue weighted by molar-refractivity contribution is 6.01. The van der Waals surface area contributed by atoms with Gasteiger partial charge in [0.25, 0.3) is 5.91 Å². The van der Waals surface area contributed by atoms with Gasteiger partial charge < -0.3 is 10.6 Å². The van der Waals surface area contributed by atoms with Gasteiger partial charge in [0, 0.05) is 38.0 Å². The largest absolute Gasteiger partial charge is 0.342 e. The molecule has 1 heterocycles. The summed E-state index contributed by atoms with van der Waals surface area (Å²) in [5.41, 5.74) is 7.45. The number of amides is 3. The van der Waals surface area contributed by atoms with Crippen molar-refractivity contribution >= 4 is 17.7 Å². The Morgan fingerprint density at radius 3 is 2.24 bits per heavy atom. The van der Waals surface area contributed by atoms with Crippen LogP contribution in [-0.2, 0) is 16.1 Å². The third-order valence-electron chi connectivity index (χ3n) is 4.70. The van der Waals surface area contributed by atoms with Gasteiger partial charge in [0.2, 0.25) is 11.8 Å². The molecule has 1 unspecified atom stereocenters. The molecule has 1 aromatic carbocycles. The number of hydrogen-bond donors (Lipinski definition) is 1. The lowest BCUT2D eigenvalue weighted by Gasteiger charge is -2.21. The van der Waals surface area contributed by atoms with Crippen LogP contribution < -0.4 is 5.73 Å². The quantitative estimate of drug-likeness (QED) is 0.764. The molecule has 0 spiro atoms. The van der Waals surface area contributed by atoms with Crippen molar-refractivity contribution in [2.24, 2.45) is 11.7 Å². The molecule has 0 bridgehead atoms. The molecule has 1 atom stereocenters. The summed E-state index contributed by atoms with van der Waals surface area (Å²) < 4.78 is 0. The van der Waals surface area contributed by atoms with E-state index in [-0.39, 0.29) is 30.3 Å². The minimum atomic E-state index is -0.133. The van der Waals surface area contributed by atoms with E-state index in [2.05, 4.69) is 13.8 Å². The molecule has 0 radical (unpaired) electrons. The Morgan fingerprint density at radius 1 is 1.16 bits per heavy atom. The van der Waals surface area contributed by atoms with E-state index < -0.39 is 0 Å². The summed E-state index contributed by atoms with van der Waals surface area (Å²) in [6.45, 7) is 5.02. The van der Waals surface area contributed by atoms with Crippen LogP contribution in [0.4, 0.5) is 0 Å². The lowest BCUT2D eigenvalue weighted by molar-refractivity contribution is -0.139. The van der Waals surface area contributed by atoms with E-state index in [9.17, 15) is 14.4 Å². The smallest absolute Gasteiger partial charge is 0.253 e. The number of nitrogens with two attached hydrogens (primary N) is 1. The molecule has 1 aliphatic rings. The summed E-state index contributed by atoms with van der Waals surface area (Å²) in [7, 11) is 1.77. The summed E-state index contributed by atoms with van der Waals surface area (Å²) in [4.78, 5) is 38.7. The van der Waals surface area contributed by atoms with Crippen molar-refractivity contribution in [1.82, 2.24) is 9.80 Å². The highest BCUT2D eigenvalue weighted by Crippen LogP contribution is 2.16. The molecule has 1 fully saturated rings. The highest BCUT2D eigenvalue weighted by atomic mass is 16.2. The van der Waals surface area contributed by atoms with E-state index in [0.717, 1.165) is 12.0 Å². The molecule has 1 saturated heterocycles. The molecular formula is C19H27N3O3. The molecule has 25 heavy (non-hydrogen) atoms. The Labute approximate surface area is 149 Å². The minimum absolute atomic E-state index is 0.0594. The van der Waals surface area contributed by atoms with Gasteiger partial charge in [-0.15, -0.1) is 0 Å². The van der Waals surface area contributed by atoms with Crippen molar-refractivity contribution in [3.05, 3.63) is 35.4 Å². The van der Waals surface area contributed by atoms with Crippen LogP contribution in [0.5, 0.6) is 0 Å². The Kier molecular flexibility index (Phi) is 6.31. The van der Waals surface area contributed by atoms with Crippen molar-refractivity contribution in [2.75, 3.05) is 13.6 Å². The first-order chi connectivity index (χ1) is 11.8. The number of carbonyl (C=O) groups is 3. The van der Waals surface area contributed by atoms with Gasteiger partial charge in [0.1, 0.15) is 0 Å². The molecule has 0 aromatic heterocycles. The Hall–Kier alpha value is -2.21. The first-order valence-electron chi connectivity index (χ1n) is 8.72. The normalized spacial score (nSPS) is 15.8. The van der Waals surface area contributed by atoms with Gasteiger partial charge in [0.05, 0.1) is 6.54 Å². The number of likely N-dealkylation sites (tertiary alicyclic amines) is 1. The molecule has 1 aromatic rings. The average Bonchev–Trinajstić information content (AvgIpc) is 2.91. The van der Waals surface area contributed by atoms with Crippen LogP contribution in [-0.4, -0.2) is 47.2 Å². The number of carbonyl (C=O) groups excluding carboxylic acids is 3. The standard InChI is InChI=1S/C19H27N3O3/c1-13(2)16(20)10-11-21(3)19(25)15-6-4-14(5-7-15)12-22-17(23)8-9-18(22)24/h4-7,13,16H,8-12,20H2,1-3H3. The topological polar surface area (TPSA) is 83.7 Å². The van der Waals surface area contributed by atoms with Gasteiger partial charge in [-0.05, 0) is 30.0 Å². The molecule has 2 N–H and O–H groups in total. The fraction of sp³-hybridized carbons (Fsp3) is 0.526. The van der Waals surface area contributed by atoms with Crippen LogP contribution in [0.1, 0.15) is 49.0 Å². The fourth-order valence-corrected chi connectivity index (χ4v) is 2.73. The number of rotatable bonds is 7. The molecule has 6 nitrogen and oxygen atoms in total. The SMILES string of the molecule is CC(C)C(N)CCN(C)C(=O)c1ccc(CN2C(=O)CCC2=O)cc1. The van der Waals surface area contributed by atoms with E-state index in [1.54, 1.807) is 36.2 Å². The van der Waals surface area contributed by atoms with Crippen molar-refractivity contribution < 1.29 is 14.4 Å². The predicted octanol–water partition coefficient (Wildman–Crippen LogP) is 1.78. The molecule has 0 saturated carbocycles. The Morgan fingerprint density at radius 2 is 1.72 bits per heavy atom. The molecule has 0 aliphatic carbocycles. The number of benzene rings is 1. The second-order valence-electron chi connectivity index (χ2n) is 6.99. The van der Waals surface area contributed by atoms with E-state index in [1.807, 2.05) is 0 Å². The van der Waals surface area contributed by atoms with Crippen molar-refractivity contribution in [3.63, 3.8) is 0 Å². The third kappa shape index (κ3) is 4.89. The van der Waals surface area contributed by atoms with Gasteiger partial charge in [-0.2, -0.15) is 0 Å². The molecule has 6 heteroatoms. The second kappa shape index (κ2) is 8.25. The van der Waals surface area contributed by atoms with Crippen LogP contribution in [0.25, 0.3) is 0 Å². The molecule has 3 amide bonds. The van der Waals surface area contributed by atoms with Crippen LogP contribution in [0.2, 0.25) is 0 Å². The fourth-order valence-electron chi connectivity index (χ4n) is 2.73. The molecular weight excluding hydrogens is 318 g/mol. The minimum Gasteiger partial charge on any atom is -0.342 e. The molecule has 2 rings (SSSR count). The number of imide groups is 1. The maximum Gasteiger partial charge on any atom is 0.253 e. The number of hydrogen-bond acceptors (Lipinski definition) is 4. The first kappa shape index (κ1) is 19.1. The first-order valence-corrected chi connectivity index (χ1v) is 8.72. The van der Waals surface area contributed by atoms with E-state index in [4.69, 9.17) is 5.73 Å². The van der Waals surface area contributed by atoms with Crippen LogP contribution in [0.3, 0.4) is 0 Å². The third-order valence-corrected chi connectivity index (χ3v) is 4.70. The van der Waals surface area contributed by atoms with Crippen LogP contribution >= 0.6 is 0 Å². The lowest BCUT2D eigenvalue weighted by Crippen LogP contribution is -2.34. The maximum atomic E-state index is 12.5. The second-order valence-corrected chi connectivity index (χ2v) is 6.99. The summed E-state index contributed by atoms with van der Waals surface area (Å²) in [6, 6.07) is 7.14. The molecule has 1 aliphatic heterocycles. The van der Waals surface area contributed by atoms with Gasteiger partial charge in [-0.3, -0.25) is 19.3 Å². The van der Waals surface area contributed by atoms with E-state index in [1.165, 1.54) is 4.90 Å². The summed E-state index contributed by atoms with van der Waals surface area (Å²) in [6.07, 6.45) is 1.34. The predicted molar refractivity (Wildman–Crippen MR) is 95.6 cm³/mol. The zero-order valence-electron chi connectivity index (χ0n) is 15.2. The van der Waals surface area contributed by atoms with Crippen LogP contribution in [0.15, 0.2) is 24.3 Å². The van der Waals surface area contributed by atoms with Gasteiger partial charge >= 0.3 is 0 Å². The van der Waals surface area contributed by atoms with Crippen molar-refractivity contribution in [3.8, 4) is 0 Å². The number of nitrogens with zero attached hydrogens (tertiary/aromatic N) is 2. The zero-order chi connectivity index (χ0) is 18.6. The van der Waals surface area contributed by atoms with Crippen LogP contribution in [0, 0.1) is 5.92 Å². The van der Waals surface area contributed by atoms with Gasteiger partial charge in [0.15, 0.2) is 0 Å². The Balaban J connectivity index is 1.93. The van der Waals surface area contributed by atoms with E-state index in [0.29, 0.717) is 30.9 Å². The monoisotopic (exact) mass is 345 g/mol. The summed E-state index contributed by atoms with van der Waals surface area (Å²) in [5, 5.41) is 0. The van der Waals surface area contributed by atoms with E-state index >= 15 is 0 Å².